The van der Waals surface area contributed by atoms with Gasteiger partial charge in [-0.15, -0.1) is 11.5 Å². The summed E-state index contributed by atoms with van der Waals surface area (Å²) in [6, 6.07) is 0. The fraction of sp³-hybridized carbons (Fsp3) is 0.750. The number of hydrogen-bond acceptors (Lipinski definition) is 1. The predicted octanol–water partition coefficient (Wildman–Crippen LogP) is 1.50. The van der Waals surface area contributed by atoms with E-state index in [2.05, 4.69) is 31.1 Å². The van der Waals surface area contributed by atoms with E-state index in [-0.39, 0.29) is 12.5 Å². The normalized spacial score (nSPS) is 13.7. The van der Waals surface area contributed by atoms with Gasteiger partial charge < -0.3 is 5.11 Å². The third-order valence-electron chi connectivity index (χ3n) is 0.967. The van der Waals surface area contributed by atoms with Gasteiger partial charge >= 0.3 is 0 Å². The molecule has 2 heteroatoms. The van der Waals surface area contributed by atoms with Crippen molar-refractivity contribution in [3.05, 3.63) is 0 Å². The first kappa shape index (κ1) is 9.74. The second-order valence-electron chi connectivity index (χ2n) is 3.60. The van der Waals surface area contributed by atoms with E-state index in [9.17, 15) is 0 Å². The molecule has 0 bridgehead atoms. The first-order valence-corrected chi connectivity index (χ1v) is 7.09. The zero-order valence-electron chi connectivity index (χ0n) is 7.23. The van der Waals surface area contributed by atoms with Crippen molar-refractivity contribution < 1.29 is 5.11 Å². The molecule has 10 heavy (non-hydrogen) atoms. The monoisotopic (exact) mass is 156 g/mol. The molecule has 0 amide bonds. The molecule has 0 saturated carbocycles. The van der Waals surface area contributed by atoms with Gasteiger partial charge in [0.2, 0.25) is 0 Å². The lowest BCUT2D eigenvalue weighted by Crippen LogP contribution is -2.17. The minimum atomic E-state index is -1.21. The van der Waals surface area contributed by atoms with Gasteiger partial charge in [0.1, 0.15) is 8.07 Å². The molecule has 0 rings (SSSR count). The summed E-state index contributed by atoms with van der Waals surface area (Å²) in [7, 11) is -1.21. The fourth-order valence-electron chi connectivity index (χ4n) is 0.385. The van der Waals surface area contributed by atoms with E-state index in [1.54, 1.807) is 0 Å². The van der Waals surface area contributed by atoms with E-state index < -0.39 is 8.07 Å². The average Bonchev–Trinajstić information content (AvgIpc) is 1.81. The Labute approximate surface area is 64.5 Å². The third kappa shape index (κ3) is 5.87. The van der Waals surface area contributed by atoms with Crippen LogP contribution in [0.4, 0.5) is 0 Å². The molecule has 0 radical (unpaired) electrons. The molecular weight excluding hydrogens is 140 g/mol. The van der Waals surface area contributed by atoms with E-state index in [0.29, 0.717) is 0 Å². The van der Waals surface area contributed by atoms with Crippen molar-refractivity contribution in [3.8, 4) is 11.5 Å². The van der Waals surface area contributed by atoms with Crippen molar-refractivity contribution in [2.45, 2.75) is 26.6 Å². The van der Waals surface area contributed by atoms with Crippen LogP contribution in [-0.4, -0.2) is 19.8 Å². The molecule has 1 atom stereocenters. The van der Waals surface area contributed by atoms with Gasteiger partial charge in [0.05, 0.1) is 6.61 Å². The Balaban J connectivity index is 3.91. The molecule has 0 saturated heterocycles. The van der Waals surface area contributed by atoms with Gasteiger partial charge in [-0.2, -0.15) is 0 Å². The standard InChI is InChI=1S/C8H16OSi/c1-8(7-9)5-6-10(2,3)4/h8-9H,7H2,1-4H3/t8-/m1/s1. The molecular formula is C8H16OSi. The molecule has 0 aliphatic carbocycles. The zero-order valence-corrected chi connectivity index (χ0v) is 8.23. The summed E-state index contributed by atoms with van der Waals surface area (Å²) in [6.45, 7) is 8.71. The Kier molecular flexibility index (Phi) is 3.70. The van der Waals surface area contributed by atoms with Crippen LogP contribution >= 0.6 is 0 Å². The maximum atomic E-state index is 8.64. The van der Waals surface area contributed by atoms with Gasteiger partial charge in [-0.25, -0.2) is 0 Å². The highest BCUT2D eigenvalue weighted by atomic mass is 28.3. The average molecular weight is 156 g/mol. The first-order valence-electron chi connectivity index (χ1n) is 3.59. The summed E-state index contributed by atoms with van der Waals surface area (Å²) in [5.74, 6) is 3.18. The molecule has 0 heterocycles. The van der Waals surface area contributed by atoms with Crippen LogP contribution in [0, 0.1) is 17.4 Å². The minimum Gasteiger partial charge on any atom is -0.395 e. The van der Waals surface area contributed by atoms with Gasteiger partial charge in [-0.3, -0.25) is 0 Å². The highest BCUT2D eigenvalue weighted by molar-refractivity contribution is 6.83. The highest BCUT2D eigenvalue weighted by Gasteiger charge is 2.07. The molecule has 0 aliphatic rings. The molecule has 0 aromatic rings. The summed E-state index contributed by atoms with van der Waals surface area (Å²) in [4.78, 5) is 0. The Bertz CT molecular complexity index is 147. The summed E-state index contributed by atoms with van der Waals surface area (Å²) in [6.07, 6.45) is 0. The Hall–Kier alpha value is -0.263. The third-order valence-corrected chi connectivity index (χ3v) is 1.86. The van der Waals surface area contributed by atoms with Crippen molar-refractivity contribution in [2.24, 2.45) is 5.92 Å². The number of aliphatic hydroxyl groups is 1. The van der Waals surface area contributed by atoms with Crippen LogP contribution in [-0.2, 0) is 0 Å². The van der Waals surface area contributed by atoms with Crippen molar-refractivity contribution in [1.29, 1.82) is 0 Å². The molecule has 0 aromatic heterocycles. The van der Waals surface area contributed by atoms with Gasteiger partial charge in [0.15, 0.2) is 0 Å². The van der Waals surface area contributed by atoms with Crippen LogP contribution in [0.1, 0.15) is 6.92 Å². The number of aliphatic hydroxyl groups excluding tert-OH is 1. The first-order chi connectivity index (χ1) is 4.45. The molecule has 0 fully saturated rings. The van der Waals surface area contributed by atoms with Crippen molar-refractivity contribution in [1.82, 2.24) is 0 Å². The van der Waals surface area contributed by atoms with Crippen molar-refractivity contribution in [2.75, 3.05) is 6.61 Å². The van der Waals surface area contributed by atoms with Gasteiger partial charge in [0.25, 0.3) is 0 Å². The maximum absolute atomic E-state index is 8.64. The lowest BCUT2D eigenvalue weighted by molar-refractivity contribution is 0.266. The highest BCUT2D eigenvalue weighted by Crippen LogP contribution is 1.98. The van der Waals surface area contributed by atoms with Crippen LogP contribution in [0.15, 0.2) is 0 Å². The Morgan fingerprint density at radius 2 is 1.90 bits per heavy atom. The molecule has 1 N–H and O–H groups in total. The number of hydrogen-bond donors (Lipinski definition) is 1. The van der Waals surface area contributed by atoms with E-state index in [0.717, 1.165) is 0 Å². The molecule has 0 unspecified atom stereocenters. The van der Waals surface area contributed by atoms with E-state index in [1.807, 2.05) is 6.92 Å². The van der Waals surface area contributed by atoms with E-state index >= 15 is 0 Å². The molecule has 58 valence electrons. The fourth-order valence-corrected chi connectivity index (χ4v) is 1.06. The summed E-state index contributed by atoms with van der Waals surface area (Å²) < 4.78 is 0. The number of rotatable bonds is 1. The van der Waals surface area contributed by atoms with Gasteiger partial charge in [0, 0.05) is 5.92 Å². The zero-order chi connectivity index (χ0) is 8.20. The van der Waals surface area contributed by atoms with E-state index in [4.69, 9.17) is 5.11 Å². The SMILES string of the molecule is C[C@H](C#C[Si](C)(C)C)CO. The minimum absolute atomic E-state index is 0.145. The second-order valence-corrected chi connectivity index (χ2v) is 8.35. The van der Waals surface area contributed by atoms with Crippen LogP contribution in [0.3, 0.4) is 0 Å². The topological polar surface area (TPSA) is 20.2 Å². The lowest BCUT2D eigenvalue weighted by Gasteiger charge is -2.04. The maximum Gasteiger partial charge on any atom is 0.129 e. The van der Waals surface area contributed by atoms with Crippen LogP contribution in [0.5, 0.6) is 0 Å². The summed E-state index contributed by atoms with van der Waals surface area (Å²) >= 11 is 0. The van der Waals surface area contributed by atoms with Crippen LogP contribution in [0.2, 0.25) is 19.6 Å². The molecule has 0 aliphatic heterocycles. The summed E-state index contributed by atoms with van der Waals surface area (Å²) in [5.41, 5.74) is 3.20. The largest absolute Gasteiger partial charge is 0.395 e. The molecule has 0 spiro atoms. The van der Waals surface area contributed by atoms with E-state index in [1.165, 1.54) is 0 Å². The Morgan fingerprint density at radius 3 is 2.20 bits per heavy atom. The molecule has 0 aromatic carbocycles. The lowest BCUT2D eigenvalue weighted by atomic mass is 10.2. The quantitative estimate of drug-likeness (QED) is 0.450. The van der Waals surface area contributed by atoms with Gasteiger partial charge in [-0.1, -0.05) is 19.6 Å². The molecule has 1 nitrogen and oxygen atoms in total. The van der Waals surface area contributed by atoms with Crippen molar-refractivity contribution in [3.63, 3.8) is 0 Å². The van der Waals surface area contributed by atoms with Crippen LogP contribution in [0.25, 0.3) is 0 Å². The smallest absolute Gasteiger partial charge is 0.129 e. The Morgan fingerprint density at radius 1 is 1.40 bits per heavy atom. The van der Waals surface area contributed by atoms with Crippen LogP contribution < -0.4 is 0 Å². The predicted molar refractivity (Wildman–Crippen MR) is 47.4 cm³/mol. The second kappa shape index (κ2) is 3.80. The van der Waals surface area contributed by atoms with Gasteiger partial charge in [-0.05, 0) is 6.92 Å². The van der Waals surface area contributed by atoms with Crippen molar-refractivity contribution >= 4 is 8.07 Å². The summed E-state index contributed by atoms with van der Waals surface area (Å²) in [5, 5.41) is 8.64.